The fourth-order valence-corrected chi connectivity index (χ4v) is 16.8. The van der Waals surface area contributed by atoms with Crippen LogP contribution in [0.1, 0.15) is 105 Å². The first kappa shape index (κ1) is 37.4. The molecule has 4 aromatic rings. The Morgan fingerprint density at radius 3 is 0.696 bits per heavy atom. The molecule has 6 heteroatoms. The van der Waals surface area contributed by atoms with Crippen molar-refractivity contribution in [3.8, 4) is 0 Å². The Kier molecular flexibility index (Phi) is 11.9. The van der Waals surface area contributed by atoms with Crippen molar-refractivity contribution >= 4 is 49.2 Å². The molecule has 0 spiro atoms. The summed E-state index contributed by atoms with van der Waals surface area (Å²) in [6.07, 6.45) is 0. The molecule has 0 radical (unpaired) electrons. The van der Waals surface area contributed by atoms with E-state index in [0.717, 1.165) is 14.3 Å². The summed E-state index contributed by atoms with van der Waals surface area (Å²) in [4.78, 5) is 0. The Morgan fingerprint density at radius 1 is 0.370 bits per heavy atom. The molecule has 0 bridgehead atoms. The second kappa shape index (κ2) is 14.6. The predicted octanol–water partition coefficient (Wildman–Crippen LogP) is 13.7. The van der Waals surface area contributed by atoms with Gasteiger partial charge in [0.1, 0.15) is 0 Å². The summed E-state index contributed by atoms with van der Waals surface area (Å²) in [5, 5.41) is 0. The SMILES string of the molecule is CC(C)(C)c1ccc(I(OP(F)OI(c2ccc(C(C)(C)C)cc2)c2ccc(C(C)(C)C)cc2)c2ccc(C(C)(C)C)cc2)cc1. The van der Waals surface area contributed by atoms with E-state index in [2.05, 4.69) is 180 Å². The Balaban J connectivity index is 1.70. The molecule has 0 aliphatic heterocycles. The summed E-state index contributed by atoms with van der Waals surface area (Å²) in [5.74, 6) is 0. The topological polar surface area (TPSA) is 18.5 Å². The van der Waals surface area contributed by atoms with Crippen LogP contribution in [0.2, 0.25) is 0 Å². The third kappa shape index (κ3) is 9.84. The van der Waals surface area contributed by atoms with E-state index < -0.39 is 49.2 Å². The average Bonchev–Trinajstić information content (AvgIpc) is 2.97. The molecule has 46 heavy (non-hydrogen) atoms. The molecule has 0 fully saturated rings. The van der Waals surface area contributed by atoms with Gasteiger partial charge in [-0.3, -0.25) is 0 Å². The summed E-state index contributed by atoms with van der Waals surface area (Å²) in [6.45, 7) is 26.5. The van der Waals surface area contributed by atoms with Gasteiger partial charge in [0.25, 0.3) is 0 Å². The van der Waals surface area contributed by atoms with E-state index in [1.807, 2.05) is 0 Å². The van der Waals surface area contributed by atoms with Crippen molar-refractivity contribution in [2.45, 2.75) is 105 Å². The standard InChI is InChI=1S/C40H52FI2O2P/c1-37(2,3)29-13-21-33(22-14-29)42(34-23-15-30(16-24-34)38(4,5)6)44-46(41)45-43(35-25-17-31(18-26-35)39(7,8)9)36-27-19-32(20-28-36)40(10,11)12/h13-28H,1-12H3. The molecule has 0 aliphatic carbocycles. The minimum atomic E-state index is -2.64. The van der Waals surface area contributed by atoms with Crippen molar-refractivity contribution in [1.29, 1.82) is 0 Å². The van der Waals surface area contributed by atoms with Gasteiger partial charge in [0, 0.05) is 0 Å². The molecule has 0 saturated heterocycles. The van der Waals surface area contributed by atoms with Crippen LogP contribution >= 0.6 is 49.2 Å². The van der Waals surface area contributed by atoms with Gasteiger partial charge in [-0.25, -0.2) is 0 Å². The van der Waals surface area contributed by atoms with Crippen molar-refractivity contribution in [3.63, 3.8) is 0 Å². The molecule has 0 aliphatic rings. The van der Waals surface area contributed by atoms with Crippen molar-refractivity contribution in [2.24, 2.45) is 0 Å². The molecule has 250 valence electrons. The predicted molar refractivity (Wildman–Crippen MR) is 214 cm³/mol. The van der Waals surface area contributed by atoms with Crippen molar-refractivity contribution < 1.29 is 9.90 Å². The maximum atomic E-state index is 16.4. The van der Waals surface area contributed by atoms with Crippen LogP contribution in [0, 0.1) is 14.3 Å². The van der Waals surface area contributed by atoms with E-state index in [4.69, 9.17) is 5.71 Å². The number of benzene rings is 4. The monoisotopic (exact) mass is 868 g/mol. The average molecular weight is 869 g/mol. The van der Waals surface area contributed by atoms with Crippen LogP contribution in [0.25, 0.3) is 0 Å². The van der Waals surface area contributed by atoms with E-state index in [0.29, 0.717) is 0 Å². The third-order valence-electron chi connectivity index (χ3n) is 7.88. The van der Waals surface area contributed by atoms with Gasteiger partial charge in [0.05, 0.1) is 0 Å². The van der Waals surface area contributed by atoms with Gasteiger partial charge in [0.15, 0.2) is 0 Å². The van der Waals surface area contributed by atoms with Gasteiger partial charge in [-0.05, 0) is 0 Å². The maximum absolute atomic E-state index is 16.4. The number of hydrogen-bond acceptors (Lipinski definition) is 2. The molecule has 2 nitrogen and oxygen atoms in total. The molecule has 0 heterocycles. The Bertz CT molecular complexity index is 1320. The molecule has 0 amide bonds. The van der Waals surface area contributed by atoms with E-state index >= 15 is 4.20 Å². The van der Waals surface area contributed by atoms with Crippen molar-refractivity contribution in [2.75, 3.05) is 0 Å². The van der Waals surface area contributed by atoms with E-state index in [9.17, 15) is 0 Å². The first-order valence-electron chi connectivity index (χ1n) is 15.9. The summed E-state index contributed by atoms with van der Waals surface area (Å²) in [7, 11) is -2.64. The number of halogens is 3. The normalized spacial score (nSPS) is 13.6. The van der Waals surface area contributed by atoms with Gasteiger partial charge in [0.2, 0.25) is 0 Å². The van der Waals surface area contributed by atoms with Crippen LogP contribution in [0.5, 0.6) is 0 Å². The Hall–Kier alpha value is -1.38. The molecule has 4 rings (SSSR count). The van der Waals surface area contributed by atoms with Gasteiger partial charge in [-0.2, -0.15) is 0 Å². The zero-order valence-corrected chi connectivity index (χ0v) is 34.8. The van der Waals surface area contributed by atoms with Crippen molar-refractivity contribution in [1.82, 2.24) is 0 Å². The first-order valence-corrected chi connectivity index (χ1v) is 23.0. The second-order valence-corrected chi connectivity index (χ2v) is 26.8. The van der Waals surface area contributed by atoms with Crippen LogP contribution in [0.15, 0.2) is 97.1 Å². The first-order chi connectivity index (χ1) is 21.2. The van der Waals surface area contributed by atoms with Crippen LogP contribution in [0.4, 0.5) is 4.20 Å². The van der Waals surface area contributed by atoms with Gasteiger partial charge in [-0.1, -0.05) is 0 Å². The van der Waals surface area contributed by atoms with E-state index in [-0.39, 0.29) is 21.7 Å². The van der Waals surface area contributed by atoms with Crippen LogP contribution in [-0.4, -0.2) is 0 Å². The zero-order valence-electron chi connectivity index (χ0n) is 29.6. The zero-order chi connectivity index (χ0) is 34.1. The van der Waals surface area contributed by atoms with Crippen LogP contribution in [0.3, 0.4) is 0 Å². The molecule has 0 saturated carbocycles. The molecule has 0 unspecified atom stereocenters. The molecule has 0 N–H and O–H groups in total. The third-order valence-corrected chi connectivity index (χ3v) is 20.0. The fourth-order valence-electron chi connectivity index (χ4n) is 4.79. The van der Waals surface area contributed by atoms with Crippen molar-refractivity contribution in [3.05, 3.63) is 134 Å². The van der Waals surface area contributed by atoms with E-state index in [1.54, 1.807) is 0 Å². The fraction of sp³-hybridized carbons (Fsp3) is 0.400. The van der Waals surface area contributed by atoms with Crippen LogP contribution in [-0.2, 0) is 27.4 Å². The summed E-state index contributed by atoms with van der Waals surface area (Å²) >= 11 is -5.29. The van der Waals surface area contributed by atoms with Gasteiger partial charge in [-0.15, -0.1) is 0 Å². The summed E-state index contributed by atoms with van der Waals surface area (Å²) < 4.78 is 33.6. The molecular weight excluding hydrogens is 816 g/mol. The van der Waals surface area contributed by atoms with E-state index in [1.165, 1.54) is 22.3 Å². The number of rotatable bonds is 8. The second-order valence-electron chi connectivity index (χ2n) is 15.9. The quantitative estimate of drug-likeness (QED) is 0.130. The molecule has 0 aromatic heterocycles. The number of hydrogen-bond donors (Lipinski definition) is 0. The Labute approximate surface area is 295 Å². The molecule has 0 atom stereocenters. The summed E-state index contributed by atoms with van der Waals surface area (Å²) in [6, 6.07) is 34.4. The van der Waals surface area contributed by atoms with Gasteiger partial charge < -0.3 is 0 Å². The van der Waals surface area contributed by atoms with Gasteiger partial charge >= 0.3 is 297 Å². The Morgan fingerprint density at radius 2 is 0.543 bits per heavy atom. The molecule has 4 aromatic carbocycles. The summed E-state index contributed by atoms with van der Waals surface area (Å²) in [5.41, 5.74) is 5.14. The van der Waals surface area contributed by atoms with Crippen LogP contribution < -0.4 is 0 Å². The minimum absolute atomic E-state index is 0.0349. The molecular formula is C40H52FI2O2P.